The molecule has 0 amide bonds. The highest BCUT2D eigenvalue weighted by molar-refractivity contribution is 5.81. The highest BCUT2D eigenvalue weighted by Crippen LogP contribution is 2.41. The van der Waals surface area contributed by atoms with Crippen molar-refractivity contribution in [1.82, 2.24) is 0 Å². The van der Waals surface area contributed by atoms with Gasteiger partial charge >= 0.3 is 0 Å². The summed E-state index contributed by atoms with van der Waals surface area (Å²) in [6.07, 6.45) is 0. The summed E-state index contributed by atoms with van der Waals surface area (Å²) in [5, 5.41) is 11.7. The predicted molar refractivity (Wildman–Crippen MR) is 70.0 cm³/mol. The second kappa shape index (κ2) is 3.61. The molecule has 92 valence electrons. The zero-order chi connectivity index (χ0) is 12.8. The van der Waals surface area contributed by atoms with Crippen LogP contribution >= 0.6 is 0 Å². The lowest BCUT2D eigenvalue weighted by molar-refractivity contribution is -0.0627. The number of rotatable bonds is 1. The quantitative estimate of drug-likeness (QED) is 0.806. The van der Waals surface area contributed by atoms with Gasteiger partial charge in [0.2, 0.25) is 0 Å². The molecule has 0 aliphatic carbocycles. The van der Waals surface area contributed by atoms with Gasteiger partial charge in [0.15, 0.2) is 0 Å². The maximum Gasteiger partial charge on any atom is 0.137 e. The molecule has 0 aliphatic rings. The molecule has 17 heavy (non-hydrogen) atoms. The Bertz CT molecular complexity index is 542. The summed E-state index contributed by atoms with van der Waals surface area (Å²) in [7, 11) is 0. The molecule has 0 aliphatic heterocycles. The summed E-state index contributed by atoms with van der Waals surface area (Å²) in [6, 6.07) is 7.96. The number of aryl methyl sites for hydroxylation is 1. The monoisotopic (exact) mass is 232 g/mol. The smallest absolute Gasteiger partial charge is 0.137 e. The summed E-state index contributed by atoms with van der Waals surface area (Å²) in [5.74, 6) is 0.634. The Morgan fingerprint density at radius 2 is 1.76 bits per heavy atom. The van der Waals surface area contributed by atoms with Crippen LogP contribution in [0.5, 0.6) is 0 Å². The van der Waals surface area contributed by atoms with E-state index in [1.807, 2.05) is 52.0 Å². The molecule has 1 heterocycles. The van der Waals surface area contributed by atoms with E-state index in [2.05, 4.69) is 0 Å². The van der Waals surface area contributed by atoms with Gasteiger partial charge in [0.1, 0.15) is 16.9 Å². The van der Waals surface area contributed by atoms with E-state index in [1.54, 1.807) is 6.92 Å². The second-order valence-electron chi connectivity index (χ2n) is 5.93. The minimum absolute atomic E-state index is 0.269. The predicted octanol–water partition coefficient (Wildman–Crippen LogP) is 3.99. The molecule has 1 atom stereocenters. The first-order chi connectivity index (χ1) is 7.73. The van der Waals surface area contributed by atoms with Crippen molar-refractivity contribution < 1.29 is 9.52 Å². The van der Waals surface area contributed by atoms with Crippen LogP contribution in [0.25, 0.3) is 11.0 Å². The van der Waals surface area contributed by atoms with Crippen molar-refractivity contribution >= 4 is 11.0 Å². The molecule has 0 spiro atoms. The Morgan fingerprint density at radius 3 is 2.29 bits per heavy atom. The van der Waals surface area contributed by atoms with Crippen LogP contribution in [-0.4, -0.2) is 5.11 Å². The molecule has 0 bridgehead atoms. The fraction of sp³-hybridized carbons (Fsp3) is 0.467. The van der Waals surface area contributed by atoms with Crippen LogP contribution in [0.1, 0.15) is 39.0 Å². The van der Waals surface area contributed by atoms with Crippen LogP contribution in [0, 0.1) is 12.3 Å². The van der Waals surface area contributed by atoms with E-state index in [-0.39, 0.29) is 5.41 Å². The minimum Gasteiger partial charge on any atom is -0.458 e. The van der Waals surface area contributed by atoms with Crippen molar-refractivity contribution in [1.29, 1.82) is 0 Å². The van der Waals surface area contributed by atoms with Gasteiger partial charge in [-0.2, -0.15) is 0 Å². The SMILES string of the molecule is Cc1cccc2cc(C(C)(O)C(C)(C)C)oc12. The van der Waals surface area contributed by atoms with E-state index in [0.29, 0.717) is 5.76 Å². The molecule has 0 radical (unpaired) electrons. The molecule has 0 fully saturated rings. The Morgan fingerprint density at radius 1 is 1.12 bits per heavy atom. The topological polar surface area (TPSA) is 33.4 Å². The first kappa shape index (κ1) is 12.2. The average Bonchev–Trinajstić information content (AvgIpc) is 2.61. The van der Waals surface area contributed by atoms with E-state index in [1.165, 1.54) is 0 Å². The maximum atomic E-state index is 10.6. The van der Waals surface area contributed by atoms with Crippen LogP contribution in [0.2, 0.25) is 0 Å². The van der Waals surface area contributed by atoms with Crippen molar-refractivity contribution in [3.05, 3.63) is 35.6 Å². The first-order valence-corrected chi connectivity index (χ1v) is 5.95. The zero-order valence-electron chi connectivity index (χ0n) is 11.2. The Labute approximate surface area is 102 Å². The van der Waals surface area contributed by atoms with Crippen LogP contribution in [-0.2, 0) is 5.60 Å². The number of aliphatic hydroxyl groups is 1. The number of benzene rings is 1. The molecule has 2 nitrogen and oxygen atoms in total. The molecular formula is C15H20O2. The van der Waals surface area contributed by atoms with E-state index < -0.39 is 5.60 Å². The van der Waals surface area contributed by atoms with E-state index >= 15 is 0 Å². The molecule has 2 rings (SSSR count). The number of hydrogen-bond acceptors (Lipinski definition) is 2. The lowest BCUT2D eigenvalue weighted by Crippen LogP contribution is -2.36. The summed E-state index contributed by atoms with van der Waals surface area (Å²) in [4.78, 5) is 0. The molecule has 0 saturated carbocycles. The van der Waals surface area contributed by atoms with Gasteiger partial charge < -0.3 is 9.52 Å². The lowest BCUT2D eigenvalue weighted by atomic mass is 9.76. The maximum absolute atomic E-state index is 10.6. The Balaban J connectivity index is 2.62. The molecule has 1 N–H and O–H groups in total. The van der Waals surface area contributed by atoms with E-state index in [0.717, 1.165) is 16.5 Å². The molecular weight excluding hydrogens is 212 g/mol. The van der Waals surface area contributed by atoms with Crippen molar-refractivity contribution in [2.75, 3.05) is 0 Å². The van der Waals surface area contributed by atoms with Crippen LogP contribution in [0.15, 0.2) is 28.7 Å². The fourth-order valence-electron chi connectivity index (χ4n) is 1.82. The molecule has 1 aromatic carbocycles. The molecule has 2 heteroatoms. The van der Waals surface area contributed by atoms with Gasteiger partial charge in [0, 0.05) is 5.39 Å². The molecule has 0 saturated heterocycles. The van der Waals surface area contributed by atoms with Gasteiger partial charge in [-0.25, -0.2) is 0 Å². The average molecular weight is 232 g/mol. The second-order valence-corrected chi connectivity index (χ2v) is 5.93. The Hall–Kier alpha value is -1.28. The molecule has 2 aromatic rings. The first-order valence-electron chi connectivity index (χ1n) is 5.95. The normalized spacial score (nSPS) is 16.1. The highest BCUT2D eigenvalue weighted by atomic mass is 16.4. The van der Waals surface area contributed by atoms with Gasteiger partial charge in [-0.05, 0) is 30.9 Å². The van der Waals surface area contributed by atoms with Crippen molar-refractivity contribution in [3.8, 4) is 0 Å². The third kappa shape index (κ3) is 1.87. The number of para-hydroxylation sites is 1. The number of hydrogen-bond donors (Lipinski definition) is 1. The van der Waals surface area contributed by atoms with Gasteiger partial charge in [-0.1, -0.05) is 39.0 Å². The minimum atomic E-state index is -0.974. The largest absolute Gasteiger partial charge is 0.458 e. The summed E-state index contributed by atoms with van der Waals surface area (Å²) in [5.41, 5.74) is 0.721. The summed E-state index contributed by atoms with van der Waals surface area (Å²) >= 11 is 0. The molecule has 1 unspecified atom stereocenters. The van der Waals surface area contributed by atoms with Gasteiger partial charge in [-0.15, -0.1) is 0 Å². The highest BCUT2D eigenvalue weighted by Gasteiger charge is 2.39. The number of fused-ring (bicyclic) bond motifs is 1. The van der Waals surface area contributed by atoms with Crippen LogP contribution in [0.4, 0.5) is 0 Å². The number of furan rings is 1. The van der Waals surface area contributed by atoms with Crippen LogP contribution < -0.4 is 0 Å². The summed E-state index contributed by atoms with van der Waals surface area (Å²) < 4.78 is 5.84. The Kier molecular flexibility index (Phi) is 2.58. The van der Waals surface area contributed by atoms with E-state index in [4.69, 9.17) is 4.42 Å². The van der Waals surface area contributed by atoms with Crippen molar-refractivity contribution in [2.24, 2.45) is 5.41 Å². The van der Waals surface area contributed by atoms with Crippen molar-refractivity contribution in [3.63, 3.8) is 0 Å². The van der Waals surface area contributed by atoms with Gasteiger partial charge in [0.05, 0.1) is 0 Å². The van der Waals surface area contributed by atoms with Crippen molar-refractivity contribution in [2.45, 2.75) is 40.2 Å². The van der Waals surface area contributed by atoms with Gasteiger partial charge in [0.25, 0.3) is 0 Å². The van der Waals surface area contributed by atoms with Crippen LogP contribution in [0.3, 0.4) is 0 Å². The van der Waals surface area contributed by atoms with E-state index in [9.17, 15) is 5.11 Å². The third-order valence-electron chi connectivity index (χ3n) is 3.68. The summed E-state index contributed by atoms with van der Waals surface area (Å²) in [6.45, 7) is 9.84. The standard InChI is InChI=1S/C15H20O2/c1-10-7-6-8-11-9-12(17-13(10)11)15(5,16)14(2,3)4/h6-9,16H,1-5H3. The van der Waals surface area contributed by atoms with Gasteiger partial charge in [-0.3, -0.25) is 0 Å². The fourth-order valence-corrected chi connectivity index (χ4v) is 1.82. The lowest BCUT2D eigenvalue weighted by Gasteiger charge is -2.35. The third-order valence-corrected chi connectivity index (χ3v) is 3.68. The zero-order valence-corrected chi connectivity index (χ0v) is 11.2. The molecule has 1 aromatic heterocycles.